The fraction of sp³-hybridized carbons (Fsp3) is 0.286. The van der Waals surface area contributed by atoms with Crippen LogP contribution in [0.1, 0.15) is 37.0 Å². The maximum atomic E-state index is 13.0. The number of para-hydroxylation sites is 1. The van der Waals surface area contributed by atoms with Crippen molar-refractivity contribution in [2.24, 2.45) is 0 Å². The average molecular weight is 382 g/mol. The predicted molar refractivity (Wildman–Crippen MR) is 109 cm³/mol. The lowest BCUT2D eigenvalue weighted by Crippen LogP contribution is -2.21. The number of rotatable bonds is 7. The Hall–Kier alpha value is -2.60. The van der Waals surface area contributed by atoms with Crippen LogP contribution in [0.5, 0.6) is 0 Å². The molecule has 0 fully saturated rings. The minimum atomic E-state index is -0.345. The first-order valence-corrected chi connectivity index (χ1v) is 10.1. The average Bonchev–Trinajstić information content (AvgIpc) is 2.69. The van der Waals surface area contributed by atoms with Crippen LogP contribution in [0.15, 0.2) is 58.5 Å². The van der Waals surface area contributed by atoms with E-state index < -0.39 is 0 Å². The molecule has 0 N–H and O–H groups in total. The summed E-state index contributed by atoms with van der Waals surface area (Å²) in [6.07, 6.45) is 1.82. The van der Waals surface area contributed by atoms with Crippen LogP contribution < -0.4 is 5.56 Å². The van der Waals surface area contributed by atoms with Gasteiger partial charge >= 0.3 is 5.97 Å². The number of unbranched alkanes of at least 4 members (excludes halogenated alkanes) is 1. The van der Waals surface area contributed by atoms with E-state index in [0.29, 0.717) is 33.9 Å². The molecule has 0 saturated heterocycles. The van der Waals surface area contributed by atoms with E-state index in [1.54, 1.807) is 34.9 Å². The molecule has 0 amide bonds. The summed E-state index contributed by atoms with van der Waals surface area (Å²) in [6.45, 7) is 4.48. The smallest absolute Gasteiger partial charge is 0.338 e. The highest BCUT2D eigenvalue weighted by molar-refractivity contribution is 7.99. The van der Waals surface area contributed by atoms with Crippen molar-refractivity contribution < 1.29 is 9.53 Å². The summed E-state index contributed by atoms with van der Waals surface area (Å²) in [5, 5.41) is 1.21. The van der Waals surface area contributed by atoms with Gasteiger partial charge in [-0.2, -0.15) is 0 Å². The molecule has 27 heavy (non-hydrogen) atoms. The third kappa shape index (κ3) is 4.22. The van der Waals surface area contributed by atoms with Crippen molar-refractivity contribution in [3.8, 4) is 5.69 Å². The van der Waals surface area contributed by atoms with E-state index in [4.69, 9.17) is 4.74 Å². The first kappa shape index (κ1) is 19.2. The van der Waals surface area contributed by atoms with Crippen molar-refractivity contribution in [1.29, 1.82) is 0 Å². The Kier molecular flexibility index (Phi) is 6.29. The van der Waals surface area contributed by atoms with Gasteiger partial charge in [-0.05, 0) is 48.6 Å². The number of benzene rings is 2. The topological polar surface area (TPSA) is 61.2 Å². The van der Waals surface area contributed by atoms with Gasteiger partial charge in [0.25, 0.3) is 5.56 Å². The molecule has 0 aliphatic rings. The Balaban J connectivity index is 1.99. The van der Waals surface area contributed by atoms with Crippen molar-refractivity contribution >= 4 is 28.6 Å². The first-order valence-electron chi connectivity index (χ1n) is 9.07. The van der Waals surface area contributed by atoms with Crippen LogP contribution in [0.2, 0.25) is 0 Å². The third-order valence-corrected chi connectivity index (χ3v) is 4.93. The zero-order chi connectivity index (χ0) is 19.2. The van der Waals surface area contributed by atoms with Gasteiger partial charge in [0.05, 0.1) is 28.8 Å². The standard InChI is InChI=1S/C21H22N2O3S/c1-3-5-14-26-20(25)15-10-12-16(13-11-15)23-19(24)17-8-6-7-9-18(17)22-21(23)27-4-2/h6-13H,3-5,14H2,1-2H3. The summed E-state index contributed by atoms with van der Waals surface area (Å²) in [7, 11) is 0. The molecule has 2 aromatic carbocycles. The van der Waals surface area contributed by atoms with Crippen molar-refractivity contribution in [3.05, 3.63) is 64.4 Å². The molecule has 3 rings (SSSR count). The molecule has 3 aromatic rings. The molecule has 6 heteroatoms. The number of esters is 1. The zero-order valence-electron chi connectivity index (χ0n) is 15.5. The fourth-order valence-electron chi connectivity index (χ4n) is 2.71. The van der Waals surface area contributed by atoms with Crippen LogP contribution in [0, 0.1) is 0 Å². The molecule has 0 aliphatic heterocycles. The molecular formula is C21H22N2O3S. The summed E-state index contributed by atoms with van der Waals surface area (Å²) < 4.78 is 6.83. The lowest BCUT2D eigenvalue weighted by atomic mass is 10.2. The molecule has 0 spiro atoms. The SMILES string of the molecule is CCCCOC(=O)c1ccc(-n2c(SCC)nc3ccccc3c2=O)cc1. The van der Waals surface area contributed by atoms with Crippen molar-refractivity contribution in [2.45, 2.75) is 31.8 Å². The Morgan fingerprint density at radius 3 is 2.56 bits per heavy atom. The minimum Gasteiger partial charge on any atom is -0.462 e. The number of hydrogen-bond donors (Lipinski definition) is 0. The van der Waals surface area contributed by atoms with Crippen LogP contribution in [0.4, 0.5) is 0 Å². The van der Waals surface area contributed by atoms with Gasteiger partial charge in [-0.3, -0.25) is 9.36 Å². The van der Waals surface area contributed by atoms with Gasteiger partial charge < -0.3 is 4.74 Å². The highest BCUT2D eigenvalue weighted by Gasteiger charge is 2.14. The molecule has 0 atom stereocenters. The van der Waals surface area contributed by atoms with E-state index in [-0.39, 0.29) is 11.5 Å². The van der Waals surface area contributed by atoms with E-state index in [9.17, 15) is 9.59 Å². The van der Waals surface area contributed by atoms with Gasteiger partial charge in [0.2, 0.25) is 0 Å². The summed E-state index contributed by atoms with van der Waals surface area (Å²) in [4.78, 5) is 29.8. The lowest BCUT2D eigenvalue weighted by Gasteiger charge is -2.13. The molecule has 0 saturated carbocycles. The number of ether oxygens (including phenoxy) is 1. The molecule has 1 aromatic heterocycles. The van der Waals surface area contributed by atoms with Gasteiger partial charge in [0.15, 0.2) is 5.16 Å². The van der Waals surface area contributed by atoms with Crippen molar-refractivity contribution in [1.82, 2.24) is 9.55 Å². The maximum Gasteiger partial charge on any atom is 0.338 e. The second-order valence-electron chi connectivity index (χ2n) is 6.02. The second kappa shape index (κ2) is 8.86. The Morgan fingerprint density at radius 1 is 1.11 bits per heavy atom. The van der Waals surface area contributed by atoms with Crippen molar-refractivity contribution in [2.75, 3.05) is 12.4 Å². The van der Waals surface area contributed by atoms with Crippen LogP contribution in [0.25, 0.3) is 16.6 Å². The van der Waals surface area contributed by atoms with Gasteiger partial charge in [-0.15, -0.1) is 0 Å². The first-order chi connectivity index (χ1) is 13.2. The second-order valence-corrected chi connectivity index (χ2v) is 7.25. The minimum absolute atomic E-state index is 0.116. The number of aromatic nitrogens is 2. The van der Waals surface area contributed by atoms with Crippen LogP contribution in [0.3, 0.4) is 0 Å². The highest BCUT2D eigenvalue weighted by Crippen LogP contribution is 2.21. The molecule has 5 nitrogen and oxygen atoms in total. The van der Waals surface area contributed by atoms with Crippen LogP contribution in [-0.2, 0) is 4.74 Å². The quantitative estimate of drug-likeness (QED) is 0.261. The highest BCUT2D eigenvalue weighted by atomic mass is 32.2. The third-order valence-electron chi connectivity index (χ3n) is 4.11. The number of thioether (sulfide) groups is 1. The molecule has 140 valence electrons. The number of hydrogen-bond acceptors (Lipinski definition) is 5. The molecule has 0 bridgehead atoms. The van der Waals surface area contributed by atoms with E-state index in [2.05, 4.69) is 4.98 Å². The summed E-state index contributed by atoms with van der Waals surface area (Å²) >= 11 is 1.51. The number of fused-ring (bicyclic) bond motifs is 1. The van der Waals surface area contributed by atoms with Gasteiger partial charge in [0, 0.05) is 0 Å². The maximum absolute atomic E-state index is 13.0. The Labute approximate surface area is 162 Å². The monoisotopic (exact) mass is 382 g/mol. The van der Waals surface area contributed by atoms with Crippen LogP contribution >= 0.6 is 11.8 Å². The van der Waals surface area contributed by atoms with E-state index in [0.717, 1.165) is 18.6 Å². The Bertz CT molecular complexity index is 996. The molecular weight excluding hydrogens is 360 g/mol. The number of carbonyl (C=O) groups is 1. The predicted octanol–water partition coefficient (Wildman–Crippen LogP) is 4.45. The number of carbonyl (C=O) groups excluding carboxylic acids is 1. The van der Waals surface area contributed by atoms with E-state index in [1.807, 2.05) is 32.0 Å². The molecule has 0 radical (unpaired) electrons. The van der Waals surface area contributed by atoms with E-state index >= 15 is 0 Å². The largest absolute Gasteiger partial charge is 0.462 e. The number of nitrogens with zero attached hydrogens (tertiary/aromatic N) is 2. The molecule has 0 aliphatic carbocycles. The van der Waals surface area contributed by atoms with Gasteiger partial charge in [-0.1, -0.05) is 44.2 Å². The zero-order valence-corrected chi connectivity index (χ0v) is 16.3. The summed E-state index contributed by atoms with van der Waals surface area (Å²) in [5.74, 6) is 0.453. The normalized spacial score (nSPS) is 10.9. The van der Waals surface area contributed by atoms with Gasteiger partial charge in [0.1, 0.15) is 0 Å². The fourth-order valence-corrected chi connectivity index (χ4v) is 3.44. The summed E-state index contributed by atoms with van der Waals surface area (Å²) in [6, 6.07) is 14.2. The molecule has 0 unspecified atom stereocenters. The lowest BCUT2D eigenvalue weighted by molar-refractivity contribution is 0.0500. The van der Waals surface area contributed by atoms with Crippen molar-refractivity contribution in [3.63, 3.8) is 0 Å². The van der Waals surface area contributed by atoms with Gasteiger partial charge in [-0.25, -0.2) is 9.78 Å². The van der Waals surface area contributed by atoms with Crippen LogP contribution in [-0.4, -0.2) is 27.9 Å². The Morgan fingerprint density at radius 2 is 1.85 bits per heavy atom. The van der Waals surface area contributed by atoms with E-state index in [1.165, 1.54) is 11.8 Å². The summed E-state index contributed by atoms with van der Waals surface area (Å²) in [5.41, 5.74) is 1.72. The molecule has 1 heterocycles.